The minimum atomic E-state index is -1.09. The second-order valence-corrected chi connectivity index (χ2v) is 5.56. The molecule has 0 saturated heterocycles. The van der Waals surface area contributed by atoms with Crippen LogP contribution in [0.4, 0.5) is 27.7 Å². The van der Waals surface area contributed by atoms with Crippen LogP contribution in [0.1, 0.15) is 11.1 Å². The molecule has 1 aromatic heterocycles. The topological polar surface area (TPSA) is 100 Å². The van der Waals surface area contributed by atoms with Gasteiger partial charge in [0, 0.05) is 29.3 Å². The molecule has 0 fully saturated rings. The van der Waals surface area contributed by atoms with Gasteiger partial charge in [0.05, 0.1) is 0 Å². The number of aromatic nitrogens is 1. The summed E-state index contributed by atoms with van der Waals surface area (Å²) in [7, 11) is 0. The summed E-state index contributed by atoms with van der Waals surface area (Å²) in [5, 5.41) is 14.8. The van der Waals surface area contributed by atoms with E-state index in [1.54, 1.807) is 18.3 Å². The number of pyridine rings is 1. The van der Waals surface area contributed by atoms with Gasteiger partial charge >= 0.3 is 6.09 Å². The van der Waals surface area contributed by atoms with Crippen LogP contribution in [0.5, 0.6) is 0 Å². The molecule has 0 saturated carbocycles. The number of carbonyl (C=O) groups is 1. The van der Waals surface area contributed by atoms with Gasteiger partial charge in [0.2, 0.25) is 0 Å². The molecule has 1 heterocycles. The first-order valence-electron chi connectivity index (χ1n) is 7.75. The van der Waals surface area contributed by atoms with Gasteiger partial charge in [-0.3, -0.25) is 5.32 Å². The quantitative estimate of drug-likeness (QED) is 0.563. The Bertz CT molecular complexity index is 882. The zero-order valence-electron chi connectivity index (χ0n) is 13.4. The van der Waals surface area contributed by atoms with E-state index in [4.69, 9.17) is 10.8 Å². The molecular formula is C19H18N4O2. The van der Waals surface area contributed by atoms with Crippen LogP contribution in [-0.2, 0) is 6.42 Å². The second-order valence-electron chi connectivity index (χ2n) is 5.56. The predicted octanol–water partition coefficient (Wildman–Crippen LogP) is 4.09. The van der Waals surface area contributed by atoms with E-state index in [1.807, 2.05) is 48.5 Å². The number of nitrogens with two attached hydrogens (primary N) is 1. The van der Waals surface area contributed by atoms with Crippen LogP contribution in [-0.4, -0.2) is 16.2 Å². The smallest absolute Gasteiger partial charge is 0.409 e. The second kappa shape index (κ2) is 7.35. The van der Waals surface area contributed by atoms with E-state index in [1.165, 1.54) is 0 Å². The molecule has 5 N–H and O–H groups in total. The molecule has 2 aromatic carbocycles. The maximum atomic E-state index is 11.0. The van der Waals surface area contributed by atoms with Gasteiger partial charge in [0.15, 0.2) is 0 Å². The largest absolute Gasteiger partial charge is 0.465 e. The average Bonchev–Trinajstić information content (AvgIpc) is 2.58. The van der Waals surface area contributed by atoms with E-state index in [9.17, 15) is 4.79 Å². The Hall–Kier alpha value is -3.54. The third-order valence-corrected chi connectivity index (χ3v) is 3.65. The van der Waals surface area contributed by atoms with Crippen molar-refractivity contribution in [2.75, 3.05) is 16.4 Å². The monoisotopic (exact) mass is 334 g/mol. The van der Waals surface area contributed by atoms with Crippen molar-refractivity contribution in [2.45, 2.75) is 6.42 Å². The van der Waals surface area contributed by atoms with Crippen LogP contribution < -0.4 is 16.4 Å². The highest BCUT2D eigenvalue weighted by molar-refractivity contribution is 5.85. The normalized spacial score (nSPS) is 10.2. The molecule has 0 unspecified atom stereocenters. The first-order valence-corrected chi connectivity index (χ1v) is 7.75. The van der Waals surface area contributed by atoms with Crippen LogP contribution >= 0.6 is 0 Å². The Kier molecular flexibility index (Phi) is 4.80. The van der Waals surface area contributed by atoms with Crippen molar-refractivity contribution in [2.24, 2.45) is 0 Å². The lowest BCUT2D eigenvalue weighted by molar-refractivity contribution is 0.209. The van der Waals surface area contributed by atoms with Gasteiger partial charge < -0.3 is 16.2 Å². The maximum absolute atomic E-state index is 11.0. The first kappa shape index (κ1) is 16.3. The fourth-order valence-electron chi connectivity index (χ4n) is 2.56. The highest BCUT2D eigenvalue weighted by atomic mass is 16.4. The van der Waals surface area contributed by atoms with Gasteiger partial charge in [-0.25, -0.2) is 9.78 Å². The maximum Gasteiger partial charge on any atom is 0.409 e. The standard InChI is InChI=1S/C19H18N4O2/c20-18-12-16(8-9-21-18)22-15-6-7-17(23-19(24)25)14(11-15)10-13-4-2-1-3-5-13/h1-9,11-12,23H,10H2,(H,24,25)(H3,20,21,22). The Morgan fingerprint density at radius 3 is 2.52 bits per heavy atom. The summed E-state index contributed by atoms with van der Waals surface area (Å²) >= 11 is 0. The molecule has 0 aliphatic heterocycles. The number of hydrogen-bond donors (Lipinski definition) is 4. The average molecular weight is 334 g/mol. The SMILES string of the molecule is Nc1cc(Nc2ccc(NC(=O)O)c(Cc3ccccc3)c2)ccn1. The molecule has 1 amide bonds. The fourth-order valence-corrected chi connectivity index (χ4v) is 2.56. The van der Waals surface area contributed by atoms with Crippen LogP contribution in [0.3, 0.4) is 0 Å². The lowest BCUT2D eigenvalue weighted by Gasteiger charge is -2.13. The molecule has 3 rings (SSSR count). The van der Waals surface area contributed by atoms with Gasteiger partial charge in [0.1, 0.15) is 5.82 Å². The highest BCUT2D eigenvalue weighted by Gasteiger charge is 2.08. The van der Waals surface area contributed by atoms with Crippen LogP contribution in [0.2, 0.25) is 0 Å². The van der Waals surface area contributed by atoms with Crippen LogP contribution in [0.15, 0.2) is 66.9 Å². The summed E-state index contributed by atoms with van der Waals surface area (Å²) in [6.45, 7) is 0. The van der Waals surface area contributed by atoms with Gasteiger partial charge in [-0.15, -0.1) is 0 Å². The molecule has 0 atom stereocenters. The summed E-state index contributed by atoms with van der Waals surface area (Å²) in [5.74, 6) is 0.429. The molecule has 0 aliphatic carbocycles. The van der Waals surface area contributed by atoms with Gasteiger partial charge in [-0.05, 0) is 41.8 Å². The molecule has 126 valence electrons. The molecule has 0 aliphatic rings. The molecule has 0 radical (unpaired) electrons. The van der Waals surface area contributed by atoms with Crippen molar-refractivity contribution in [1.82, 2.24) is 4.98 Å². The molecule has 3 aromatic rings. The Morgan fingerprint density at radius 2 is 1.80 bits per heavy atom. The number of rotatable bonds is 5. The molecule has 6 heteroatoms. The number of carboxylic acid groups (broad SMARTS) is 1. The number of hydrogen-bond acceptors (Lipinski definition) is 4. The van der Waals surface area contributed by atoms with Crippen LogP contribution in [0, 0.1) is 0 Å². The third kappa shape index (κ3) is 4.48. The minimum Gasteiger partial charge on any atom is -0.465 e. The van der Waals surface area contributed by atoms with E-state index < -0.39 is 6.09 Å². The number of nitrogens with zero attached hydrogens (tertiary/aromatic N) is 1. The number of nitrogen functional groups attached to an aromatic ring is 1. The summed E-state index contributed by atoms with van der Waals surface area (Å²) in [4.78, 5) is 15.0. The van der Waals surface area contributed by atoms with E-state index in [-0.39, 0.29) is 0 Å². The van der Waals surface area contributed by atoms with Crippen molar-refractivity contribution < 1.29 is 9.90 Å². The van der Waals surface area contributed by atoms with Crippen molar-refractivity contribution in [3.05, 3.63) is 78.0 Å². The van der Waals surface area contributed by atoms with Gasteiger partial charge in [-0.1, -0.05) is 30.3 Å². The summed E-state index contributed by atoms with van der Waals surface area (Å²) < 4.78 is 0. The van der Waals surface area contributed by atoms with Crippen molar-refractivity contribution in [3.8, 4) is 0 Å². The van der Waals surface area contributed by atoms with Crippen molar-refractivity contribution in [3.63, 3.8) is 0 Å². The molecule has 25 heavy (non-hydrogen) atoms. The zero-order valence-corrected chi connectivity index (χ0v) is 13.4. The van der Waals surface area contributed by atoms with Crippen LogP contribution in [0.25, 0.3) is 0 Å². The Balaban J connectivity index is 1.90. The Labute approximate surface area is 145 Å². The summed E-state index contributed by atoms with van der Waals surface area (Å²) in [5.41, 5.74) is 9.89. The number of amides is 1. The third-order valence-electron chi connectivity index (χ3n) is 3.65. The summed E-state index contributed by atoms with van der Waals surface area (Å²) in [6.07, 6.45) is 1.16. The highest BCUT2D eigenvalue weighted by Crippen LogP contribution is 2.26. The van der Waals surface area contributed by atoms with E-state index in [0.717, 1.165) is 22.5 Å². The van der Waals surface area contributed by atoms with Crippen molar-refractivity contribution >= 4 is 29.0 Å². The van der Waals surface area contributed by atoms with E-state index in [2.05, 4.69) is 15.6 Å². The van der Waals surface area contributed by atoms with E-state index >= 15 is 0 Å². The predicted molar refractivity (Wildman–Crippen MR) is 99.3 cm³/mol. The zero-order chi connectivity index (χ0) is 17.6. The van der Waals surface area contributed by atoms with Gasteiger partial charge in [-0.2, -0.15) is 0 Å². The molecular weight excluding hydrogens is 316 g/mol. The lowest BCUT2D eigenvalue weighted by atomic mass is 10.0. The van der Waals surface area contributed by atoms with Crippen molar-refractivity contribution in [1.29, 1.82) is 0 Å². The lowest BCUT2D eigenvalue weighted by Crippen LogP contribution is -2.10. The first-order chi connectivity index (χ1) is 12.1. The van der Waals surface area contributed by atoms with Gasteiger partial charge in [0.25, 0.3) is 0 Å². The van der Waals surface area contributed by atoms with E-state index in [0.29, 0.717) is 17.9 Å². The fraction of sp³-hybridized carbons (Fsp3) is 0.0526. The molecule has 0 bridgehead atoms. The number of nitrogens with one attached hydrogen (secondary N) is 2. The molecule has 0 spiro atoms. The summed E-state index contributed by atoms with van der Waals surface area (Å²) in [6, 6.07) is 18.9. The Morgan fingerprint density at radius 1 is 1.04 bits per heavy atom. The minimum absolute atomic E-state index is 0.429. The number of anilines is 4. The molecule has 6 nitrogen and oxygen atoms in total. The number of benzene rings is 2.